The summed E-state index contributed by atoms with van der Waals surface area (Å²) in [7, 11) is 0. The van der Waals surface area contributed by atoms with E-state index in [9.17, 15) is 4.79 Å². The monoisotopic (exact) mass is 433 g/mol. The Bertz CT molecular complexity index is 311. The minimum atomic E-state index is -0.323. The van der Waals surface area contributed by atoms with Crippen LogP contribution in [0.4, 0.5) is 0 Å². The van der Waals surface area contributed by atoms with Crippen molar-refractivity contribution in [3.63, 3.8) is 0 Å². The Morgan fingerprint density at radius 2 is 1.27 bits per heavy atom. The Morgan fingerprint density at radius 3 is 1.69 bits per heavy atom. The first-order valence-electron chi connectivity index (χ1n) is 10.6. The van der Waals surface area contributed by atoms with Crippen molar-refractivity contribution in [2.24, 2.45) is 0 Å². The zero-order chi connectivity index (χ0) is 18.6. The van der Waals surface area contributed by atoms with Crippen LogP contribution < -0.4 is 6.15 Å². The number of halogens is 1. The molecule has 0 aromatic rings. The van der Waals surface area contributed by atoms with Gasteiger partial charge in [-0.2, -0.15) is 0 Å². The summed E-state index contributed by atoms with van der Waals surface area (Å²) in [6.45, 7) is 6.16. The molecule has 3 N–H and O–H groups in total. The highest BCUT2D eigenvalue weighted by atomic mass is 79.9. The highest BCUT2D eigenvalue weighted by Crippen LogP contribution is 2.17. The zero-order valence-corrected chi connectivity index (χ0v) is 18.9. The molecule has 0 aliphatic heterocycles. The van der Waals surface area contributed by atoms with Gasteiger partial charge in [-0.3, -0.25) is 0 Å². The second-order valence-electron chi connectivity index (χ2n) is 7.14. The molecule has 0 fully saturated rings. The lowest BCUT2D eigenvalue weighted by atomic mass is 10.0. The van der Waals surface area contributed by atoms with E-state index in [0.717, 1.165) is 6.42 Å². The van der Waals surface area contributed by atoms with Gasteiger partial charge in [0.1, 0.15) is 0 Å². The number of ether oxygens (including phenoxy) is 1. The molecule has 0 amide bonds. The summed E-state index contributed by atoms with van der Waals surface area (Å²) in [5, 5.41) is 0. The molecule has 0 radical (unpaired) electrons. The van der Waals surface area contributed by atoms with E-state index in [4.69, 9.17) is 4.74 Å². The van der Waals surface area contributed by atoms with Gasteiger partial charge in [0.2, 0.25) is 0 Å². The molecule has 1 unspecified atom stereocenters. The van der Waals surface area contributed by atoms with Crippen molar-refractivity contribution in [2.45, 2.75) is 114 Å². The van der Waals surface area contributed by atoms with Crippen LogP contribution in [-0.2, 0) is 9.53 Å². The van der Waals surface area contributed by atoms with Crippen molar-refractivity contribution in [1.82, 2.24) is 6.15 Å². The Balaban J connectivity index is 0. The Kier molecular flexibility index (Phi) is 24.3. The lowest BCUT2D eigenvalue weighted by molar-refractivity contribution is -0.137. The fourth-order valence-electron chi connectivity index (χ4n) is 3.05. The third kappa shape index (κ3) is 21.7. The van der Waals surface area contributed by atoms with Crippen LogP contribution in [0.3, 0.4) is 0 Å². The van der Waals surface area contributed by atoms with Gasteiger partial charge in [0.05, 0.1) is 6.61 Å². The molecule has 156 valence electrons. The van der Waals surface area contributed by atoms with Gasteiger partial charge in [0.15, 0.2) is 0 Å². The summed E-state index contributed by atoms with van der Waals surface area (Å²) in [6.07, 6.45) is 22.9. The average Bonchev–Trinajstić information content (AvgIpc) is 2.61. The Labute approximate surface area is 171 Å². The second kappa shape index (κ2) is 22.7. The molecule has 0 aliphatic carbocycles. The molecule has 0 aromatic heterocycles. The third-order valence-electron chi connectivity index (χ3n) is 4.71. The summed E-state index contributed by atoms with van der Waals surface area (Å²) < 4.78 is 5.00. The molecular weight excluding hydrogens is 390 g/mol. The van der Waals surface area contributed by atoms with Gasteiger partial charge in [0, 0.05) is 10.9 Å². The first-order valence-corrected chi connectivity index (χ1v) is 11.6. The summed E-state index contributed by atoms with van der Waals surface area (Å²) >= 11 is 3.67. The molecule has 0 rings (SSSR count). The largest absolute Gasteiger partial charge is 0.463 e. The van der Waals surface area contributed by atoms with Crippen LogP contribution >= 0.6 is 15.9 Å². The van der Waals surface area contributed by atoms with Crippen LogP contribution in [0.2, 0.25) is 0 Å². The molecule has 0 saturated heterocycles. The Hall–Kier alpha value is -0.350. The number of carbonyl (C=O) groups is 1. The lowest BCUT2D eigenvalue weighted by Crippen LogP contribution is -2.07. The number of hydrogen-bond donors (Lipinski definition) is 1. The molecule has 26 heavy (non-hydrogen) atoms. The van der Waals surface area contributed by atoms with Crippen molar-refractivity contribution in [3.8, 4) is 0 Å². The van der Waals surface area contributed by atoms with E-state index in [1.165, 1.54) is 102 Å². The SMILES string of the molecule is C=CC(=O)OCCC(Br)CCCCCCCCCCCCCCCC.N. The zero-order valence-electron chi connectivity index (χ0n) is 17.3. The minimum absolute atomic E-state index is 0. The van der Waals surface area contributed by atoms with Crippen LogP contribution in [0.25, 0.3) is 0 Å². The van der Waals surface area contributed by atoms with Crippen molar-refractivity contribution >= 4 is 21.9 Å². The van der Waals surface area contributed by atoms with Gasteiger partial charge < -0.3 is 10.9 Å². The van der Waals surface area contributed by atoms with Gasteiger partial charge in [-0.05, 0) is 12.8 Å². The maximum absolute atomic E-state index is 10.9. The van der Waals surface area contributed by atoms with Crippen molar-refractivity contribution in [3.05, 3.63) is 12.7 Å². The summed E-state index contributed by atoms with van der Waals surface area (Å²) in [5.74, 6) is -0.323. The molecule has 0 saturated carbocycles. The number of alkyl halides is 1. The molecule has 0 aromatic carbocycles. The molecule has 4 heteroatoms. The highest BCUT2D eigenvalue weighted by molar-refractivity contribution is 9.09. The predicted octanol–water partition coefficient (Wildman–Crippen LogP) is 7.90. The fourth-order valence-corrected chi connectivity index (χ4v) is 3.56. The maximum Gasteiger partial charge on any atom is 0.330 e. The fraction of sp³-hybridized carbons (Fsp3) is 0.864. The van der Waals surface area contributed by atoms with E-state index < -0.39 is 0 Å². The van der Waals surface area contributed by atoms with Crippen LogP contribution in [0.5, 0.6) is 0 Å². The lowest BCUT2D eigenvalue weighted by Gasteiger charge is -2.09. The van der Waals surface area contributed by atoms with E-state index in [1.807, 2.05) is 0 Å². The van der Waals surface area contributed by atoms with Gasteiger partial charge in [-0.25, -0.2) is 4.79 Å². The number of hydrogen-bond acceptors (Lipinski definition) is 3. The smallest absolute Gasteiger partial charge is 0.330 e. The number of carbonyl (C=O) groups excluding carboxylic acids is 1. The Morgan fingerprint density at radius 1 is 0.846 bits per heavy atom. The molecular formula is C22H44BrNO2. The van der Waals surface area contributed by atoms with E-state index in [0.29, 0.717) is 11.4 Å². The quantitative estimate of drug-likeness (QED) is 0.0972. The van der Waals surface area contributed by atoms with Gasteiger partial charge in [0.25, 0.3) is 0 Å². The predicted molar refractivity (Wildman–Crippen MR) is 118 cm³/mol. The van der Waals surface area contributed by atoms with Crippen molar-refractivity contribution in [1.29, 1.82) is 0 Å². The van der Waals surface area contributed by atoms with E-state index in [2.05, 4.69) is 29.4 Å². The average molecular weight is 435 g/mol. The number of unbranched alkanes of at least 4 members (excludes halogenated alkanes) is 13. The van der Waals surface area contributed by atoms with Crippen molar-refractivity contribution < 1.29 is 9.53 Å². The molecule has 0 bridgehead atoms. The van der Waals surface area contributed by atoms with E-state index >= 15 is 0 Å². The summed E-state index contributed by atoms with van der Waals surface area (Å²) in [4.78, 5) is 11.4. The van der Waals surface area contributed by atoms with Crippen LogP contribution in [0, 0.1) is 0 Å². The second-order valence-corrected chi connectivity index (χ2v) is 8.44. The maximum atomic E-state index is 10.9. The van der Waals surface area contributed by atoms with Crippen LogP contribution in [0.15, 0.2) is 12.7 Å². The first-order chi connectivity index (χ1) is 12.2. The normalized spacial score (nSPS) is 11.6. The minimum Gasteiger partial charge on any atom is -0.463 e. The summed E-state index contributed by atoms with van der Waals surface area (Å²) in [6, 6.07) is 0. The summed E-state index contributed by atoms with van der Waals surface area (Å²) in [5.41, 5.74) is 0. The van der Waals surface area contributed by atoms with Crippen molar-refractivity contribution in [2.75, 3.05) is 6.61 Å². The third-order valence-corrected chi connectivity index (χ3v) is 5.63. The highest BCUT2D eigenvalue weighted by Gasteiger charge is 2.05. The van der Waals surface area contributed by atoms with Crippen LogP contribution in [0.1, 0.15) is 110 Å². The molecule has 3 nitrogen and oxygen atoms in total. The van der Waals surface area contributed by atoms with E-state index in [1.54, 1.807) is 0 Å². The topological polar surface area (TPSA) is 61.3 Å². The van der Waals surface area contributed by atoms with Gasteiger partial charge in [-0.15, -0.1) is 0 Å². The number of esters is 1. The first kappa shape index (κ1) is 27.9. The van der Waals surface area contributed by atoms with Crippen LogP contribution in [-0.4, -0.2) is 17.4 Å². The van der Waals surface area contributed by atoms with Gasteiger partial charge >= 0.3 is 5.97 Å². The number of rotatable bonds is 19. The molecule has 0 aliphatic rings. The molecule has 0 spiro atoms. The standard InChI is InChI=1S/C22H41BrO2.H3N/c1-3-5-6-7-8-9-10-11-12-13-14-15-16-17-18-21(23)19-20-25-22(24)4-2;/h4,21H,2-3,5-20H2,1H3;1H3. The molecule has 1 atom stereocenters. The van der Waals surface area contributed by atoms with Gasteiger partial charge in [-0.1, -0.05) is 119 Å². The van der Waals surface area contributed by atoms with E-state index in [-0.39, 0.29) is 12.1 Å². The molecule has 0 heterocycles.